The fourth-order valence-corrected chi connectivity index (χ4v) is 3.23. The summed E-state index contributed by atoms with van der Waals surface area (Å²) in [4.78, 5) is 9.13. The van der Waals surface area contributed by atoms with Gasteiger partial charge in [-0.1, -0.05) is 50.1 Å². The van der Waals surface area contributed by atoms with E-state index in [1.165, 1.54) is 42.5 Å². The molecule has 104 valence electrons. The van der Waals surface area contributed by atoms with Crippen molar-refractivity contribution in [2.45, 2.75) is 45.4 Å². The third kappa shape index (κ3) is 2.74. The van der Waals surface area contributed by atoms with Crippen LogP contribution in [0.15, 0.2) is 36.7 Å². The fraction of sp³-hybridized carbons (Fsp3) is 0.444. The third-order valence-corrected chi connectivity index (χ3v) is 4.49. The zero-order valence-electron chi connectivity index (χ0n) is 12.2. The van der Waals surface area contributed by atoms with Gasteiger partial charge in [-0.05, 0) is 37.2 Å². The van der Waals surface area contributed by atoms with Gasteiger partial charge in [0.05, 0.1) is 5.69 Å². The molecule has 0 saturated carbocycles. The highest BCUT2D eigenvalue weighted by Crippen LogP contribution is 2.29. The molecule has 1 aliphatic rings. The molecule has 0 spiro atoms. The molecule has 0 saturated heterocycles. The first-order valence-electron chi connectivity index (χ1n) is 7.76. The Kier molecular flexibility index (Phi) is 4.10. The molecule has 1 unspecified atom stereocenters. The van der Waals surface area contributed by atoms with Crippen molar-refractivity contribution >= 4 is 0 Å². The second-order valence-corrected chi connectivity index (χ2v) is 5.72. The number of hydrogen-bond acceptors (Lipinski definition) is 2. The van der Waals surface area contributed by atoms with Crippen molar-refractivity contribution in [3.8, 4) is 11.3 Å². The Morgan fingerprint density at radius 2 is 1.90 bits per heavy atom. The van der Waals surface area contributed by atoms with Crippen molar-refractivity contribution in [3.63, 3.8) is 0 Å². The Morgan fingerprint density at radius 1 is 1.05 bits per heavy atom. The molecule has 1 aromatic heterocycles. The smallest absolute Gasteiger partial charge is 0.116 e. The van der Waals surface area contributed by atoms with E-state index in [0.717, 1.165) is 24.5 Å². The highest BCUT2D eigenvalue weighted by molar-refractivity contribution is 5.63. The normalized spacial score (nSPS) is 18.9. The highest BCUT2D eigenvalue weighted by Gasteiger charge is 2.17. The molecule has 0 N–H and O–H groups in total. The van der Waals surface area contributed by atoms with Crippen LogP contribution in [-0.4, -0.2) is 9.97 Å². The summed E-state index contributed by atoms with van der Waals surface area (Å²) in [6.07, 6.45) is 9.15. The Morgan fingerprint density at radius 3 is 2.70 bits per heavy atom. The maximum atomic E-state index is 4.56. The van der Waals surface area contributed by atoms with E-state index in [9.17, 15) is 0 Å². The van der Waals surface area contributed by atoms with Gasteiger partial charge in [-0.15, -0.1) is 0 Å². The summed E-state index contributed by atoms with van der Waals surface area (Å²) in [7, 11) is 0. The van der Waals surface area contributed by atoms with Crippen LogP contribution in [0.5, 0.6) is 0 Å². The zero-order chi connectivity index (χ0) is 13.8. The van der Waals surface area contributed by atoms with E-state index in [-0.39, 0.29) is 0 Å². The van der Waals surface area contributed by atoms with E-state index < -0.39 is 0 Å². The average Bonchev–Trinajstić information content (AvgIpc) is 2.49. The molecule has 0 amide bonds. The Balaban J connectivity index is 1.97. The minimum Gasteiger partial charge on any atom is -0.241 e. The average molecular weight is 266 g/mol. The lowest BCUT2D eigenvalue weighted by Gasteiger charge is -2.21. The molecule has 1 atom stereocenters. The first-order chi connectivity index (χ1) is 9.88. The first-order valence-corrected chi connectivity index (χ1v) is 7.76. The largest absolute Gasteiger partial charge is 0.241 e. The number of fused-ring (bicyclic) bond motifs is 1. The number of aryl methyl sites for hydroxylation is 1. The Labute approximate surface area is 121 Å². The number of rotatable bonds is 2. The van der Waals surface area contributed by atoms with Gasteiger partial charge < -0.3 is 0 Å². The van der Waals surface area contributed by atoms with Gasteiger partial charge in [-0.25, -0.2) is 9.97 Å². The lowest BCUT2D eigenvalue weighted by molar-refractivity contribution is 0.412. The number of hydrogen-bond donors (Lipinski definition) is 0. The monoisotopic (exact) mass is 266 g/mol. The second-order valence-electron chi connectivity index (χ2n) is 5.72. The molecular weight excluding hydrogens is 244 g/mol. The van der Waals surface area contributed by atoms with E-state index in [2.05, 4.69) is 47.2 Å². The summed E-state index contributed by atoms with van der Waals surface area (Å²) >= 11 is 0. The van der Waals surface area contributed by atoms with Gasteiger partial charge in [0.2, 0.25) is 0 Å². The molecule has 3 rings (SSSR count). The van der Waals surface area contributed by atoms with Crippen LogP contribution in [0.4, 0.5) is 0 Å². The fourth-order valence-electron chi connectivity index (χ4n) is 3.23. The molecule has 0 aliphatic heterocycles. The summed E-state index contributed by atoms with van der Waals surface area (Å²) in [5.74, 6) is 0.873. The van der Waals surface area contributed by atoms with Crippen molar-refractivity contribution in [2.75, 3.05) is 0 Å². The summed E-state index contributed by atoms with van der Waals surface area (Å²) in [6, 6.07) is 10.5. The van der Waals surface area contributed by atoms with Crippen LogP contribution in [0.2, 0.25) is 0 Å². The van der Waals surface area contributed by atoms with E-state index in [0.29, 0.717) is 0 Å². The molecule has 1 aliphatic carbocycles. The number of aromatic nitrogens is 2. The lowest BCUT2D eigenvalue weighted by atomic mass is 9.87. The van der Waals surface area contributed by atoms with Crippen LogP contribution in [0.3, 0.4) is 0 Å². The quantitative estimate of drug-likeness (QED) is 0.803. The molecule has 0 radical (unpaired) electrons. The molecule has 1 heterocycles. The van der Waals surface area contributed by atoms with Gasteiger partial charge in [0.15, 0.2) is 0 Å². The van der Waals surface area contributed by atoms with E-state index in [4.69, 9.17) is 0 Å². The molecule has 20 heavy (non-hydrogen) atoms. The minimum absolute atomic E-state index is 0.873. The van der Waals surface area contributed by atoms with Gasteiger partial charge in [0, 0.05) is 11.3 Å². The summed E-state index contributed by atoms with van der Waals surface area (Å²) in [5, 5.41) is 0. The van der Waals surface area contributed by atoms with Gasteiger partial charge >= 0.3 is 0 Å². The van der Waals surface area contributed by atoms with Crippen LogP contribution in [0, 0.1) is 5.92 Å². The van der Waals surface area contributed by atoms with E-state index in [1.807, 2.05) is 0 Å². The van der Waals surface area contributed by atoms with Crippen molar-refractivity contribution < 1.29 is 0 Å². The molecule has 1 aromatic carbocycles. The number of nitrogens with zero attached hydrogens (tertiary/aromatic N) is 2. The predicted molar refractivity (Wildman–Crippen MR) is 82.5 cm³/mol. The Bertz CT molecular complexity index is 563. The molecule has 0 bridgehead atoms. The number of benzene rings is 1. The molecular formula is C18H22N2. The van der Waals surface area contributed by atoms with Crippen molar-refractivity contribution in [1.29, 1.82) is 0 Å². The Hall–Kier alpha value is -1.70. The van der Waals surface area contributed by atoms with Crippen LogP contribution in [-0.2, 0) is 12.8 Å². The van der Waals surface area contributed by atoms with Crippen LogP contribution < -0.4 is 0 Å². The first kappa shape index (κ1) is 13.3. The molecule has 2 heteroatoms. The lowest BCUT2D eigenvalue weighted by Crippen LogP contribution is -2.11. The zero-order valence-corrected chi connectivity index (χ0v) is 12.2. The topological polar surface area (TPSA) is 25.8 Å². The van der Waals surface area contributed by atoms with Crippen LogP contribution in [0.25, 0.3) is 11.3 Å². The van der Waals surface area contributed by atoms with Gasteiger partial charge in [-0.2, -0.15) is 0 Å². The maximum Gasteiger partial charge on any atom is 0.116 e. The van der Waals surface area contributed by atoms with Gasteiger partial charge in [0.25, 0.3) is 0 Å². The van der Waals surface area contributed by atoms with Gasteiger partial charge in [-0.3, -0.25) is 0 Å². The second kappa shape index (κ2) is 6.17. The standard InChI is InChI=1S/C18H22N2/c1-2-14-7-6-10-16-17(12-11-14)19-13-20-18(16)15-8-4-3-5-9-15/h3-5,8-9,13-14H,2,6-7,10-12H2,1H3. The van der Waals surface area contributed by atoms with E-state index >= 15 is 0 Å². The third-order valence-electron chi connectivity index (χ3n) is 4.49. The predicted octanol–water partition coefficient (Wildman–Crippen LogP) is 4.44. The maximum absolute atomic E-state index is 4.56. The van der Waals surface area contributed by atoms with E-state index in [1.54, 1.807) is 6.33 Å². The van der Waals surface area contributed by atoms with Crippen molar-refractivity contribution in [1.82, 2.24) is 9.97 Å². The van der Waals surface area contributed by atoms with Crippen molar-refractivity contribution in [3.05, 3.63) is 47.9 Å². The summed E-state index contributed by atoms with van der Waals surface area (Å²) in [5.41, 5.74) is 5.02. The molecule has 2 nitrogen and oxygen atoms in total. The molecule has 2 aromatic rings. The summed E-state index contributed by atoms with van der Waals surface area (Å²) < 4.78 is 0. The van der Waals surface area contributed by atoms with Crippen molar-refractivity contribution in [2.24, 2.45) is 5.92 Å². The SMILES string of the molecule is CCC1CCCc2c(ncnc2-c2ccccc2)CC1. The highest BCUT2D eigenvalue weighted by atomic mass is 14.8. The minimum atomic E-state index is 0.873. The molecule has 0 fully saturated rings. The summed E-state index contributed by atoms with van der Waals surface area (Å²) in [6.45, 7) is 2.31. The van der Waals surface area contributed by atoms with Crippen LogP contribution in [0.1, 0.15) is 43.9 Å². The van der Waals surface area contributed by atoms with Crippen LogP contribution >= 0.6 is 0 Å². The van der Waals surface area contributed by atoms with Gasteiger partial charge in [0.1, 0.15) is 6.33 Å².